The molecule has 0 radical (unpaired) electrons. The van der Waals surface area contributed by atoms with E-state index in [2.05, 4.69) is 28.4 Å². The summed E-state index contributed by atoms with van der Waals surface area (Å²) in [5, 5.41) is 221. The molecular weight excluding hydrogens is 1130 g/mol. The number of carbonyl (C=O) groups is 6. The number of aliphatic hydroxyl groups excluding tert-OH is 18. The summed E-state index contributed by atoms with van der Waals surface area (Å²) in [6.45, 7) is -4.19. The fourth-order valence-corrected chi connectivity index (χ4v) is 4.89. The van der Waals surface area contributed by atoms with Gasteiger partial charge in [0.2, 0.25) is 0 Å². The van der Waals surface area contributed by atoms with Gasteiger partial charge in [-0.15, -0.1) is 0 Å². The van der Waals surface area contributed by atoms with Crippen molar-refractivity contribution in [3.05, 3.63) is 69.1 Å². The first-order valence-corrected chi connectivity index (χ1v) is 19.1. The van der Waals surface area contributed by atoms with Crippen molar-refractivity contribution in [1.82, 2.24) is 0 Å². The maximum Gasteiger partial charge on any atom is 4.00 e. The summed E-state index contributed by atoms with van der Waals surface area (Å²) in [6, 6.07) is 0. The second-order valence-electron chi connectivity index (χ2n) is 13.7. The quantitative estimate of drug-likeness (QED) is 0.0490. The van der Waals surface area contributed by atoms with Crippen molar-refractivity contribution in [2.24, 2.45) is 0 Å². The predicted molar refractivity (Wildman–Crippen MR) is 202 cm³/mol. The van der Waals surface area contributed by atoms with Gasteiger partial charge in [0.15, 0.2) is 36.6 Å². The third-order valence-electron chi connectivity index (χ3n) is 8.75. The Morgan fingerprint density at radius 1 is 0.297 bits per heavy atom. The number of hydrogen-bond acceptors (Lipinski definition) is 36. The zero-order valence-corrected chi connectivity index (χ0v) is 40.1. The van der Waals surface area contributed by atoms with Crippen LogP contribution in [0.25, 0.3) is 0 Å². The first-order chi connectivity index (χ1) is 33.4. The summed E-state index contributed by atoms with van der Waals surface area (Å²) in [6.07, 6.45) is -17.3. The molecule has 410 valence electrons. The molecule has 36 nitrogen and oxygen atoms in total. The van der Waals surface area contributed by atoms with Crippen molar-refractivity contribution >= 4 is 58.9 Å². The van der Waals surface area contributed by atoms with Crippen LogP contribution in [0.1, 0.15) is 0 Å². The van der Waals surface area contributed by atoms with Crippen LogP contribution < -0.4 is 30.6 Å². The second-order valence-corrected chi connectivity index (χ2v) is 13.7. The Hall–Kier alpha value is -6.17. The van der Waals surface area contributed by atoms with Crippen LogP contribution in [0.3, 0.4) is 0 Å². The molecule has 0 unspecified atom stereocenters. The topological polar surface area (TPSA) is 660 Å². The minimum Gasteiger partial charge on any atom is -0.865 e. The van der Waals surface area contributed by atoms with E-state index < -0.39 is 218 Å². The standard InChI is InChI=1S/6C6H8O6.Mg.Mo/c6*7-1-2(8)5-3(9)4(10)6(11)12-5;;/h6*2,5,7-10H,1H2;;/q;;;;;;+2;+4/p-6/t6*2-,5+;;/m000000../s1. The van der Waals surface area contributed by atoms with Gasteiger partial charge in [0, 0.05) is 34.6 Å². The summed E-state index contributed by atoms with van der Waals surface area (Å²) in [5.41, 5.74) is 0. The van der Waals surface area contributed by atoms with Gasteiger partial charge in [-0.2, -0.15) is 0 Å². The Morgan fingerprint density at radius 3 is 0.446 bits per heavy atom. The summed E-state index contributed by atoms with van der Waals surface area (Å²) < 4.78 is 25.5. The van der Waals surface area contributed by atoms with Crippen LogP contribution in [0.2, 0.25) is 0 Å². The van der Waals surface area contributed by atoms with Gasteiger partial charge in [-0.25, -0.2) is 28.8 Å². The molecule has 0 amide bonds. The van der Waals surface area contributed by atoms with Gasteiger partial charge in [0.25, 0.3) is 0 Å². The molecule has 0 fully saturated rings. The molecule has 0 saturated heterocycles. The molecule has 6 aliphatic rings. The Morgan fingerprint density at radius 2 is 0.392 bits per heavy atom. The van der Waals surface area contributed by atoms with Crippen LogP contribution in [0.15, 0.2) is 69.1 Å². The van der Waals surface area contributed by atoms with E-state index in [4.69, 9.17) is 91.9 Å². The molecule has 74 heavy (non-hydrogen) atoms. The summed E-state index contributed by atoms with van der Waals surface area (Å²) >= 11 is 0. The zero-order valence-electron chi connectivity index (χ0n) is 36.7. The summed E-state index contributed by atoms with van der Waals surface area (Å²) in [5.74, 6) is -19.5. The second kappa shape index (κ2) is 31.5. The monoisotopic (exact) mass is 1170 g/mol. The Balaban J connectivity index is 0. The molecule has 6 heterocycles. The molecule has 6 rings (SSSR count). The van der Waals surface area contributed by atoms with Crippen molar-refractivity contribution in [3.63, 3.8) is 0 Å². The fourth-order valence-electron chi connectivity index (χ4n) is 4.89. The Kier molecular flexibility index (Phi) is 29.8. The molecule has 0 bridgehead atoms. The van der Waals surface area contributed by atoms with Gasteiger partial charge in [-0.3, -0.25) is 0 Å². The molecule has 0 saturated carbocycles. The van der Waals surface area contributed by atoms with E-state index in [1.165, 1.54) is 0 Å². The molecule has 0 aliphatic carbocycles. The minimum atomic E-state index is -1.46. The maximum atomic E-state index is 10.6. The van der Waals surface area contributed by atoms with Crippen LogP contribution in [0, 0.1) is 0 Å². The largest absolute Gasteiger partial charge is 4.00 e. The average Bonchev–Trinajstić information content (AvgIpc) is 4.13. The van der Waals surface area contributed by atoms with E-state index in [9.17, 15) is 59.4 Å². The number of ether oxygens (including phenoxy) is 6. The van der Waals surface area contributed by atoms with Crippen LogP contribution in [0.5, 0.6) is 0 Å². The molecule has 0 spiro atoms. The third-order valence-corrected chi connectivity index (χ3v) is 8.75. The SMILES string of the molecule is O=C1O[C@H]([C@@H](O)CO)C(O)=C1[O-].O=C1O[C@H]([C@@H](O)CO)C(O)=C1[O-].O=C1O[C@H]([C@@H](O)CO)C(O)=C1[O-].O=C1O[C@H]([C@@H](O)CO)C(O)=C1[O-].O=C1O[C@H]([C@@H](O)CO)C(O)=C1[O-].O=C1O[C@H]([C@@H](O)CO)C(O)=C1[O-].[Mg+2].[Mo+4]. The van der Waals surface area contributed by atoms with Crippen LogP contribution in [0.4, 0.5) is 0 Å². The average molecular weight is 1170 g/mol. The van der Waals surface area contributed by atoms with Crippen LogP contribution in [-0.4, -0.2) is 264 Å². The maximum absolute atomic E-state index is 10.6. The molecule has 0 aromatic carbocycles. The van der Waals surface area contributed by atoms with Crippen molar-refractivity contribution in [2.75, 3.05) is 39.6 Å². The number of rotatable bonds is 12. The predicted octanol–water partition coefficient (Wildman–Crippen LogP) is -16.0. The van der Waals surface area contributed by atoms with Crippen molar-refractivity contribution < 1.29 is 201 Å². The van der Waals surface area contributed by atoms with E-state index in [1.807, 2.05) is 0 Å². The Labute approximate surface area is 440 Å². The summed E-state index contributed by atoms with van der Waals surface area (Å²) in [7, 11) is 0. The van der Waals surface area contributed by atoms with E-state index in [0.717, 1.165) is 0 Å². The molecule has 12 atom stereocenters. The molecule has 38 heteroatoms. The van der Waals surface area contributed by atoms with Gasteiger partial charge in [-0.05, 0) is 0 Å². The number of cyclic esters (lactones) is 6. The smallest absolute Gasteiger partial charge is 0.865 e. The van der Waals surface area contributed by atoms with E-state index >= 15 is 0 Å². The Bertz CT molecular complexity index is 1800. The third kappa shape index (κ3) is 17.5. The first-order valence-electron chi connectivity index (χ1n) is 19.1. The van der Waals surface area contributed by atoms with Crippen LogP contribution >= 0.6 is 0 Å². The van der Waals surface area contributed by atoms with E-state index in [0.29, 0.717) is 0 Å². The number of aliphatic hydroxyl groups is 18. The van der Waals surface area contributed by atoms with Crippen molar-refractivity contribution in [3.8, 4) is 0 Å². The molecule has 0 aromatic heterocycles. The number of esters is 6. The van der Waals surface area contributed by atoms with Gasteiger partial charge in [-0.1, -0.05) is 0 Å². The molecule has 6 aliphatic heterocycles. The van der Waals surface area contributed by atoms with Gasteiger partial charge >= 0.3 is 79.9 Å². The van der Waals surface area contributed by atoms with Gasteiger partial charge < -0.3 is 151 Å². The zero-order chi connectivity index (χ0) is 55.8. The number of hydrogen-bond donors (Lipinski definition) is 18. The normalized spacial score (nSPS) is 25.1. The van der Waals surface area contributed by atoms with Gasteiger partial charge in [0.1, 0.15) is 71.2 Å². The molecule has 0 aromatic rings. The van der Waals surface area contributed by atoms with Gasteiger partial charge in [0.05, 0.1) is 39.6 Å². The van der Waals surface area contributed by atoms with Crippen molar-refractivity contribution in [2.45, 2.75) is 73.2 Å². The van der Waals surface area contributed by atoms with Crippen LogP contribution in [-0.2, 0) is 78.3 Å². The molecule has 18 N–H and O–H groups in total. The molecular formula is C36H42MgMoO36. The summed E-state index contributed by atoms with van der Waals surface area (Å²) in [4.78, 5) is 62.8. The minimum absolute atomic E-state index is 0. The number of carbonyl (C=O) groups excluding carboxylic acids is 6. The van der Waals surface area contributed by atoms with E-state index in [-0.39, 0.29) is 44.1 Å². The fraction of sp³-hybridized carbons (Fsp3) is 0.500. The van der Waals surface area contributed by atoms with E-state index in [1.54, 1.807) is 0 Å². The van der Waals surface area contributed by atoms with Crippen molar-refractivity contribution in [1.29, 1.82) is 0 Å². The first kappa shape index (κ1) is 69.9.